The van der Waals surface area contributed by atoms with Gasteiger partial charge in [0.25, 0.3) is 0 Å². The Bertz CT molecular complexity index is 292. The fourth-order valence-electron chi connectivity index (χ4n) is 2.01. The molecule has 1 aliphatic heterocycles. The Morgan fingerprint density at radius 1 is 1.38 bits per heavy atom. The Morgan fingerprint density at radius 2 is 2.23 bits per heavy atom. The predicted octanol–water partition coefficient (Wildman–Crippen LogP) is 3.13. The molecule has 13 heavy (non-hydrogen) atoms. The van der Waals surface area contributed by atoms with E-state index in [1.54, 1.807) is 0 Å². The summed E-state index contributed by atoms with van der Waals surface area (Å²) in [5.41, 5.74) is 3.02. The van der Waals surface area contributed by atoms with Gasteiger partial charge in [-0.05, 0) is 36.3 Å². The van der Waals surface area contributed by atoms with Crippen molar-refractivity contribution in [1.82, 2.24) is 0 Å². The van der Waals surface area contributed by atoms with Crippen LogP contribution in [-0.2, 0) is 0 Å². The molecule has 1 aliphatic carbocycles. The number of rotatable bonds is 0. The van der Waals surface area contributed by atoms with Gasteiger partial charge in [-0.1, -0.05) is 26.0 Å². The highest BCUT2D eigenvalue weighted by molar-refractivity contribution is 6.09. The molecule has 0 atom stereocenters. The van der Waals surface area contributed by atoms with Gasteiger partial charge < -0.3 is 0 Å². The maximum Gasteiger partial charge on any atom is 0.0600 e. The minimum absolute atomic E-state index is 0.320. The minimum atomic E-state index is 0.320. The largest absolute Gasteiger partial charge is 0.285 e. The normalized spacial score (nSPS) is 25.7. The van der Waals surface area contributed by atoms with Crippen molar-refractivity contribution in [2.45, 2.75) is 33.1 Å². The van der Waals surface area contributed by atoms with Gasteiger partial charge in [0.2, 0.25) is 0 Å². The number of aliphatic imine (C=N–C) groups is 1. The highest BCUT2D eigenvalue weighted by atomic mass is 14.7. The zero-order valence-corrected chi connectivity index (χ0v) is 8.51. The van der Waals surface area contributed by atoms with Crippen molar-refractivity contribution in [1.29, 1.82) is 0 Å². The average Bonchev–Trinajstić information content (AvgIpc) is 2.21. The summed E-state index contributed by atoms with van der Waals surface area (Å²) in [5.74, 6) is 0. The van der Waals surface area contributed by atoms with Crippen molar-refractivity contribution in [3.05, 3.63) is 23.8 Å². The van der Waals surface area contributed by atoms with Crippen LogP contribution in [0.15, 0.2) is 28.8 Å². The Balaban J connectivity index is 2.38. The van der Waals surface area contributed by atoms with Gasteiger partial charge in [0.15, 0.2) is 0 Å². The van der Waals surface area contributed by atoms with Crippen molar-refractivity contribution < 1.29 is 0 Å². The molecule has 0 spiro atoms. The average molecular weight is 175 g/mol. The number of nitrogens with zero attached hydrogens (tertiary/aromatic N) is 1. The maximum atomic E-state index is 4.54. The summed E-state index contributed by atoms with van der Waals surface area (Å²) in [6, 6.07) is 0. The van der Waals surface area contributed by atoms with E-state index in [1.165, 1.54) is 24.1 Å². The molecule has 2 rings (SSSR count). The molecule has 0 fully saturated rings. The first-order valence-electron chi connectivity index (χ1n) is 5.10. The molecule has 0 saturated carbocycles. The molecule has 0 aromatic heterocycles. The molecule has 0 N–H and O–H groups in total. The van der Waals surface area contributed by atoms with Gasteiger partial charge in [0, 0.05) is 6.54 Å². The van der Waals surface area contributed by atoms with Gasteiger partial charge in [-0.3, -0.25) is 4.99 Å². The molecular weight excluding hydrogens is 158 g/mol. The monoisotopic (exact) mass is 175 g/mol. The van der Waals surface area contributed by atoms with E-state index < -0.39 is 0 Å². The third-order valence-corrected chi connectivity index (χ3v) is 2.70. The predicted molar refractivity (Wildman–Crippen MR) is 57.2 cm³/mol. The summed E-state index contributed by atoms with van der Waals surface area (Å²) in [7, 11) is 0. The summed E-state index contributed by atoms with van der Waals surface area (Å²) in [6.45, 7) is 5.60. The van der Waals surface area contributed by atoms with E-state index in [-0.39, 0.29) is 0 Å². The number of allylic oxidation sites excluding steroid dienone is 4. The molecule has 0 bridgehead atoms. The molecule has 0 aromatic carbocycles. The van der Waals surface area contributed by atoms with Crippen molar-refractivity contribution in [2.75, 3.05) is 6.54 Å². The van der Waals surface area contributed by atoms with Crippen LogP contribution in [0.1, 0.15) is 33.1 Å². The molecule has 1 nitrogen and oxygen atoms in total. The number of fused-ring (bicyclic) bond motifs is 1. The van der Waals surface area contributed by atoms with Crippen LogP contribution in [-0.4, -0.2) is 12.3 Å². The first kappa shape index (κ1) is 8.74. The van der Waals surface area contributed by atoms with Gasteiger partial charge in [0.1, 0.15) is 0 Å². The van der Waals surface area contributed by atoms with E-state index in [1.807, 2.05) is 0 Å². The molecule has 0 unspecified atom stereocenters. The quantitative estimate of drug-likeness (QED) is 0.536. The van der Waals surface area contributed by atoms with Gasteiger partial charge in [-0.25, -0.2) is 0 Å². The Morgan fingerprint density at radius 3 is 3.08 bits per heavy atom. The Hall–Kier alpha value is -0.850. The maximum absolute atomic E-state index is 4.54. The van der Waals surface area contributed by atoms with Crippen LogP contribution < -0.4 is 0 Å². The SMILES string of the molecule is CC1(C)C=C2CCCN=C2C=CC1. The van der Waals surface area contributed by atoms with Crippen molar-refractivity contribution >= 4 is 5.71 Å². The second-order valence-corrected chi connectivity index (χ2v) is 4.64. The van der Waals surface area contributed by atoms with E-state index in [4.69, 9.17) is 0 Å². The molecule has 2 aliphatic rings. The molecule has 0 amide bonds. The zero-order valence-electron chi connectivity index (χ0n) is 8.51. The van der Waals surface area contributed by atoms with Crippen LogP contribution in [0.3, 0.4) is 0 Å². The van der Waals surface area contributed by atoms with Crippen LogP contribution in [0.5, 0.6) is 0 Å². The lowest BCUT2D eigenvalue weighted by Crippen LogP contribution is -2.10. The number of hydrogen-bond donors (Lipinski definition) is 0. The van der Waals surface area contributed by atoms with Crippen molar-refractivity contribution in [2.24, 2.45) is 10.4 Å². The Labute approximate surface area is 80.3 Å². The summed E-state index contributed by atoms with van der Waals surface area (Å²) in [4.78, 5) is 4.54. The lowest BCUT2D eigenvalue weighted by atomic mass is 9.87. The van der Waals surface area contributed by atoms with Crippen LogP contribution >= 0.6 is 0 Å². The molecule has 0 radical (unpaired) electrons. The van der Waals surface area contributed by atoms with E-state index in [0.717, 1.165) is 13.0 Å². The van der Waals surface area contributed by atoms with Crippen molar-refractivity contribution in [3.63, 3.8) is 0 Å². The second kappa shape index (κ2) is 3.13. The molecule has 1 heterocycles. The first-order chi connectivity index (χ1) is 6.17. The molecule has 0 saturated heterocycles. The molecule has 1 heteroatoms. The van der Waals surface area contributed by atoms with E-state index in [9.17, 15) is 0 Å². The summed E-state index contributed by atoms with van der Waals surface area (Å²) in [6.07, 6.45) is 10.4. The first-order valence-corrected chi connectivity index (χ1v) is 5.10. The summed E-state index contributed by atoms with van der Waals surface area (Å²) >= 11 is 0. The third kappa shape index (κ3) is 1.90. The second-order valence-electron chi connectivity index (χ2n) is 4.64. The lowest BCUT2D eigenvalue weighted by Gasteiger charge is -2.19. The minimum Gasteiger partial charge on any atom is -0.285 e. The molecular formula is C12H17N. The van der Waals surface area contributed by atoms with E-state index >= 15 is 0 Å². The fourth-order valence-corrected chi connectivity index (χ4v) is 2.01. The topological polar surface area (TPSA) is 12.4 Å². The Kier molecular flexibility index (Phi) is 2.10. The van der Waals surface area contributed by atoms with Gasteiger partial charge in [0.05, 0.1) is 5.71 Å². The highest BCUT2D eigenvalue weighted by Gasteiger charge is 2.20. The van der Waals surface area contributed by atoms with Crippen LogP contribution in [0.25, 0.3) is 0 Å². The van der Waals surface area contributed by atoms with Gasteiger partial charge in [-0.15, -0.1) is 0 Å². The van der Waals surface area contributed by atoms with E-state index in [0.29, 0.717) is 5.41 Å². The van der Waals surface area contributed by atoms with E-state index in [2.05, 4.69) is 37.1 Å². The van der Waals surface area contributed by atoms with Gasteiger partial charge >= 0.3 is 0 Å². The summed E-state index contributed by atoms with van der Waals surface area (Å²) < 4.78 is 0. The molecule has 0 aromatic rings. The zero-order chi connectivity index (χ0) is 9.31. The van der Waals surface area contributed by atoms with Crippen LogP contribution in [0.4, 0.5) is 0 Å². The van der Waals surface area contributed by atoms with Gasteiger partial charge in [-0.2, -0.15) is 0 Å². The van der Waals surface area contributed by atoms with Crippen LogP contribution in [0, 0.1) is 5.41 Å². The third-order valence-electron chi connectivity index (χ3n) is 2.70. The number of hydrogen-bond acceptors (Lipinski definition) is 1. The van der Waals surface area contributed by atoms with Crippen molar-refractivity contribution in [3.8, 4) is 0 Å². The summed E-state index contributed by atoms with van der Waals surface area (Å²) in [5, 5.41) is 0. The standard InChI is InChI=1S/C12H17N/c1-12(2)7-3-6-11-10(9-12)5-4-8-13-11/h3,6,9H,4-5,7-8H2,1-2H3. The molecule has 70 valence electrons. The fraction of sp³-hybridized carbons (Fsp3) is 0.583. The highest BCUT2D eigenvalue weighted by Crippen LogP contribution is 2.30. The van der Waals surface area contributed by atoms with Crippen LogP contribution in [0.2, 0.25) is 0 Å². The smallest absolute Gasteiger partial charge is 0.0600 e. The lowest BCUT2D eigenvalue weighted by molar-refractivity contribution is 0.486.